The Balaban J connectivity index is 2.12. The molecule has 47 heavy (non-hydrogen) atoms. The zero-order valence-corrected chi connectivity index (χ0v) is 31.6. The van der Waals surface area contributed by atoms with Crippen LogP contribution in [0.5, 0.6) is 0 Å². The van der Waals surface area contributed by atoms with E-state index < -0.39 is 14.2 Å². The van der Waals surface area contributed by atoms with E-state index in [1.165, 1.54) is 128 Å². The Morgan fingerprint density at radius 1 is 0.681 bits per heavy atom. The van der Waals surface area contributed by atoms with Gasteiger partial charge in [-0.15, -0.1) is 5.09 Å². The molecule has 1 aliphatic heterocycles. The van der Waals surface area contributed by atoms with Crippen molar-refractivity contribution in [2.75, 3.05) is 26.4 Å². The third-order valence-corrected chi connectivity index (χ3v) is 10.4. The molecule has 1 rings (SSSR count). The van der Waals surface area contributed by atoms with Gasteiger partial charge >= 0.3 is 14.1 Å². The van der Waals surface area contributed by atoms with Crippen molar-refractivity contribution in [1.29, 1.82) is 0 Å². The van der Waals surface area contributed by atoms with Gasteiger partial charge in [0.05, 0.1) is 12.8 Å². The van der Waals surface area contributed by atoms with Crippen LogP contribution in [0.4, 0.5) is 0 Å². The van der Waals surface area contributed by atoms with Crippen molar-refractivity contribution < 1.29 is 28.2 Å². The van der Waals surface area contributed by atoms with Crippen LogP contribution in [-0.2, 0) is 23.3 Å². The summed E-state index contributed by atoms with van der Waals surface area (Å²) in [5.41, 5.74) is 0. The molecule has 0 bridgehead atoms. The Bertz CT molecular complexity index is 743. The monoisotopic (exact) mass is 685 g/mol. The average molecular weight is 685 g/mol. The van der Waals surface area contributed by atoms with E-state index in [1.54, 1.807) is 6.26 Å². The number of allylic oxidation sites excluding steroid dienone is 3. The molecule has 1 aliphatic rings. The highest BCUT2D eigenvalue weighted by Gasteiger charge is 2.46. The maximum absolute atomic E-state index is 12.6. The van der Waals surface area contributed by atoms with Crippen molar-refractivity contribution in [2.45, 2.75) is 193 Å². The highest BCUT2D eigenvalue weighted by Crippen LogP contribution is 2.55. The van der Waals surface area contributed by atoms with Crippen molar-refractivity contribution in [1.82, 2.24) is 5.09 Å². The van der Waals surface area contributed by atoms with Gasteiger partial charge in [-0.3, -0.25) is 4.79 Å². The van der Waals surface area contributed by atoms with Gasteiger partial charge in [-0.2, -0.15) is 13.9 Å². The fourth-order valence-corrected chi connectivity index (χ4v) is 7.11. The fourth-order valence-electron chi connectivity index (χ4n) is 5.77. The van der Waals surface area contributed by atoms with Crippen LogP contribution in [0.15, 0.2) is 24.5 Å². The molecule has 0 aliphatic carbocycles. The Labute approximate surface area is 291 Å². The molecule has 2 atom stereocenters. The molecule has 2 N–H and O–H groups in total. The topological polar surface area (TPSA) is 86.3 Å². The van der Waals surface area contributed by atoms with Crippen LogP contribution in [0.3, 0.4) is 0 Å². The number of carbonyl (C=O) groups is 1. The van der Waals surface area contributed by atoms with E-state index in [2.05, 4.69) is 31.1 Å². The quantitative estimate of drug-likeness (QED) is 0.0226. The molecule has 1 saturated heterocycles. The fraction of sp³-hybridized carbons (Fsp3) is 0.872. The largest absolute Gasteiger partial charge is 0.499 e. The summed E-state index contributed by atoms with van der Waals surface area (Å²) < 4.78 is 22.3. The Morgan fingerprint density at radius 2 is 1.15 bits per heavy atom. The van der Waals surface area contributed by atoms with E-state index in [9.17, 15) is 9.69 Å². The standard InChI is InChI=1S/C39H75NO6P/c1-3-5-7-9-11-13-15-17-19-20-22-24-26-28-30-32-39(41)46-38(37-45-47(42)40-33-35-44-47)36-43-34-31-29-27-25-23-21-18-16-14-12-10-8-6-4-2/h17,19,31,34,38,40,42H,3-16,18,20-30,32-33,35-37H2,1-2H3/q+1/b19-17-,34-31-. The van der Waals surface area contributed by atoms with E-state index >= 15 is 0 Å². The second-order valence-corrected chi connectivity index (χ2v) is 15.3. The second kappa shape index (κ2) is 33.5. The molecular weight excluding hydrogens is 609 g/mol. The van der Waals surface area contributed by atoms with Crippen molar-refractivity contribution in [2.24, 2.45) is 0 Å². The summed E-state index contributed by atoms with van der Waals surface area (Å²) in [6, 6.07) is 0. The molecule has 1 heterocycles. The maximum atomic E-state index is 12.6. The molecular formula is C39H75NO6P+. The van der Waals surface area contributed by atoms with Crippen molar-refractivity contribution in [3.8, 4) is 0 Å². The molecule has 0 saturated carbocycles. The number of hydrogen-bond acceptors (Lipinski definition) is 7. The van der Waals surface area contributed by atoms with Gasteiger partial charge in [0, 0.05) is 6.42 Å². The maximum Gasteiger partial charge on any atom is 0.499 e. The number of hydrogen-bond donors (Lipinski definition) is 2. The van der Waals surface area contributed by atoms with Gasteiger partial charge in [-0.1, -0.05) is 148 Å². The molecule has 7 nitrogen and oxygen atoms in total. The highest BCUT2D eigenvalue weighted by molar-refractivity contribution is 7.58. The summed E-state index contributed by atoms with van der Waals surface area (Å²) in [7, 11) is -3.07. The van der Waals surface area contributed by atoms with Crippen LogP contribution >= 0.6 is 8.09 Å². The third kappa shape index (κ3) is 29.6. The van der Waals surface area contributed by atoms with Gasteiger partial charge in [0.1, 0.15) is 19.8 Å². The molecule has 2 unspecified atom stereocenters. The number of nitrogens with one attached hydrogen (secondary N) is 1. The molecule has 0 aromatic rings. The zero-order valence-electron chi connectivity index (χ0n) is 30.7. The van der Waals surface area contributed by atoms with Crippen molar-refractivity contribution in [3.05, 3.63) is 24.5 Å². The lowest BCUT2D eigenvalue weighted by Crippen LogP contribution is -2.29. The molecule has 1 fully saturated rings. The molecule has 0 aromatic carbocycles. The molecule has 276 valence electrons. The zero-order chi connectivity index (χ0) is 33.9. The number of carbonyl (C=O) groups excluding carboxylic acids is 1. The number of rotatable bonds is 35. The number of unbranched alkanes of at least 4 members (excludes halogenated alkanes) is 23. The van der Waals surface area contributed by atoms with E-state index in [1.807, 2.05) is 6.08 Å². The smallest absolute Gasteiger partial charge is 0.498 e. The normalized spacial score (nSPS) is 17.3. The summed E-state index contributed by atoms with van der Waals surface area (Å²) in [6.45, 7) is 5.70. The van der Waals surface area contributed by atoms with Gasteiger partial charge in [-0.25, -0.2) is 0 Å². The summed E-state index contributed by atoms with van der Waals surface area (Å²) in [5, 5.41) is 2.87. The molecule has 0 spiro atoms. The Morgan fingerprint density at radius 3 is 1.64 bits per heavy atom. The van der Waals surface area contributed by atoms with Crippen LogP contribution in [0.25, 0.3) is 0 Å². The lowest BCUT2D eigenvalue weighted by molar-refractivity contribution is -0.153. The minimum atomic E-state index is -3.07. The first kappa shape index (κ1) is 44.0. The Hall–Kier alpha value is -0.980. The van der Waals surface area contributed by atoms with E-state index in [-0.39, 0.29) is 19.2 Å². The highest BCUT2D eigenvalue weighted by atomic mass is 31.2. The summed E-state index contributed by atoms with van der Waals surface area (Å²) in [4.78, 5) is 23.0. The van der Waals surface area contributed by atoms with Crippen LogP contribution in [0, 0.1) is 0 Å². The minimum Gasteiger partial charge on any atom is -0.498 e. The van der Waals surface area contributed by atoms with Crippen LogP contribution in [0.1, 0.15) is 187 Å². The van der Waals surface area contributed by atoms with Crippen molar-refractivity contribution in [3.63, 3.8) is 0 Å². The Kier molecular flexibility index (Phi) is 31.4. The predicted octanol–water partition coefficient (Wildman–Crippen LogP) is 11.9. The van der Waals surface area contributed by atoms with Gasteiger partial charge in [0.2, 0.25) is 0 Å². The third-order valence-electron chi connectivity index (χ3n) is 8.76. The summed E-state index contributed by atoms with van der Waals surface area (Å²) in [5.74, 6) is -0.245. The molecule has 8 heteroatoms. The lowest BCUT2D eigenvalue weighted by atomic mass is 10.0. The van der Waals surface area contributed by atoms with Crippen LogP contribution in [0.2, 0.25) is 0 Å². The number of ether oxygens (including phenoxy) is 2. The van der Waals surface area contributed by atoms with Crippen LogP contribution in [-0.4, -0.2) is 43.3 Å². The first-order valence-corrected chi connectivity index (χ1v) is 21.4. The van der Waals surface area contributed by atoms with E-state index in [0.29, 0.717) is 19.6 Å². The van der Waals surface area contributed by atoms with E-state index in [0.717, 1.165) is 38.5 Å². The first-order chi connectivity index (χ1) is 23.1. The lowest BCUT2D eigenvalue weighted by Gasteiger charge is -2.18. The van der Waals surface area contributed by atoms with Gasteiger partial charge in [0.15, 0.2) is 6.10 Å². The SMILES string of the molecule is CCCCCCCC/C=C\CCCCCCCC(=O)OC(CO/C=C\CCCCCCCCCCCCCC)CO[P+]1(O)NCCO1. The van der Waals surface area contributed by atoms with Gasteiger partial charge in [-0.05, 0) is 51.0 Å². The summed E-state index contributed by atoms with van der Waals surface area (Å²) in [6.07, 6.45) is 41.2. The van der Waals surface area contributed by atoms with Gasteiger partial charge < -0.3 is 9.47 Å². The number of esters is 1. The molecule has 0 radical (unpaired) electrons. The van der Waals surface area contributed by atoms with Crippen LogP contribution < -0.4 is 5.09 Å². The first-order valence-electron chi connectivity index (χ1n) is 19.9. The van der Waals surface area contributed by atoms with E-state index in [4.69, 9.17) is 18.5 Å². The molecule has 0 amide bonds. The average Bonchev–Trinajstić information content (AvgIpc) is 3.51. The summed E-state index contributed by atoms with van der Waals surface area (Å²) >= 11 is 0. The molecule has 0 aromatic heterocycles. The predicted molar refractivity (Wildman–Crippen MR) is 199 cm³/mol. The van der Waals surface area contributed by atoms with Gasteiger partial charge in [0.25, 0.3) is 0 Å². The van der Waals surface area contributed by atoms with Crippen molar-refractivity contribution >= 4 is 14.1 Å². The second-order valence-electron chi connectivity index (χ2n) is 13.4. The minimum absolute atomic E-state index is 0.0297.